The normalized spacial score (nSPS) is 24.6. The van der Waals surface area contributed by atoms with Crippen LogP contribution in [0.3, 0.4) is 0 Å². The Morgan fingerprint density at radius 2 is 1.89 bits per heavy atom. The first-order valence-corrected chi connectivity index (χ1v) is 11.4. The lowest BCUT2D eigenvalue weighted by molar-refractivity contribution is -0.384. The topological polar surface area (TPSA) is 122 Å². The molecule has 1 aromatic carbocycles. The number of anilines is 1. The smallest absolute Gasteiger partial charge is 0.292 e. The highest BCUT2D eigenvalue weighted by Crippen LogP contribution is 2.24. The van der Waals surface area contributed by atoms with Crippen LogP contribution >= 0.6 is 0 Å². The summed E-state index contributed by atoms with van der Waals surface area (Å²) < 4.78 is 24.2. The van der Waals surface area contributed by atoms with Crippen molar-refractivity contribution < 1.29 is 18.1 Å². The number of likely N-dealkylation sites (tertiary alicyclic amines) is 1. The van der Waals surface area contributed by atoms with Crippen LogP contribution in [0, 0.1) is 10.1 Å². The van der Waals surface area contributed by atoms with Crippen LogP contribution in [0.15, 0.2) is 24.3 Å². The lowest BCUT2D eigenvalue weighted by Crippen LogP contribution is -2.52. The van der Waals surface area contributed by atoms with Gasteiger partial charge in [0.05, 0.1) is 22.5 Å². The van der Waals surface area contributed by atoms with Crippen LogP contribution < -0.4 is 10.6 Å². The quantitative estimate of drug-likeness (QED) is 0.511. The molecule has 2 unspecified atom stereocenters. The lowest BCUT2D eigenvalue weighted by atomic mass is 10.0. The molecule has 0 spiro atoms. The van der Waals surface area contributed by atoms with Crippen LogP contribution in [0.25, 0.3) is 0 Å². The first kappa shape index (κ1) is 20.5. The molecule has 9 nitrogen and oxygen atoms in total. The maximum absolute atomic E-state index is 12.3. The summed E-state index contributed by atoms with van der Waals surface area (Å²) in [5, 5.41) is 16.8. The summed E-state index contributed by atoms with van der Waals surface area (Å²) in [5.74, 6) is -0.195. The van der Waals surface area contributed by atoms with Gasteiger partial charge in [0.1, 0.15) is 5.69 Å². The van der Waals surface area contributed by atoms with Crippen LogP contribution in [-0.2, 0) is 14.6 Å². The van der Waals surface area contributed by atoms with Gasteiger partial charge in [0.25, 0.3) is 5.69 Å². The van der Waals surface area contributed by atoms with Gasteiger partial charge in [-0.3, -0.25) is 19.8 Å². The van der Waals surface area contributed by atoms with E-state index in [2.05, 4.69) is 15.5 Å². The van der Waals surface area contributed by atoms with Crippen LogP contribution in [0.1, 0.15) is 25.7 Å². The van der Waals surface area contributed by atoms with E-state index in [1.807, 2.05) is 0 Å². The minimum Gasteiger partial charge on any atom is -0.379 e. The molecular weight excluding hydrogens is 384 g/mol. The predicted octanol–water partition coefficient (Wildman–Crippen LogP) is 1.16. The average molecular weight is 410 g/mol. The highest BCUT2D eigenvalue weighted by Gasteiger charge is 2.41. The van der Waals surface area contributed by atoms with Crippen molar-refractivity contribution >= 4 is 27.1 Å². The molecule has 154 valence electrons. The number of piperidine rings is 1. The second kappa shape index (κ2) is 8.87. The van der Waals surface area contributed by atoms with E-state index in [9.17, 15) is 23.3 Å². The molecule has 2 aliphatic rings. The summed E-state index contributed by atoms with van der Waals surface area (Å²) in [6, 6.07) is 5.68. The molecule has 2 N–H and O–H groups in total. The molecule has 2 saturated heterocycles. The van der Waals surface area contributed by atoms with Crippen molar-refractivity contribution in [1.82, 2.24) is 10.2 Å². The number of rotatable bonds is 7. The largest absolute Gasteiger partial charge is 0.379 e. The Morgan fingerprint density at radius 1 is 1.18 bits per heavy atom. The molecule has 0 radical (unpaired) electrons. The molecule has 2 aliphatic heterocycles. The zero-order valence-corrected chi connectivity index (χ0v) is 16.5. The number of amides is 1. The van der Waals surface area contributed by atoms with Gasteiger partial charge in [-0.2, -0.15) is 0 Å². The van der Waals surface area contributed by atoms with Crippen LogP contribution in [0.2, 0.25) is 0 Å². The molecule has 10 heteroatoms. The van der Waals surface area contributed by atoms with E-state index in [0.29, 0.717) is 5.69 Å². The first-order chi connectivity index (χ1) is 13.4. The Kier molecular flexibility index (Phi) is 6.50. The van der Waals surface area contributed by atoms with Gasteiger partial charge in [-0.05, 0) is 32.0 Å². The van der Waals surface area contributed by atoms with Crippen molar-refractivity contribution in [2.45, 2.75) is 37.8 Å². The molecule has 0 aromatic heterocycles. The number of nitrogens with one attached hydrogen (secondary N) is 2. The van der Waals surface area contributed by atoms with E-state index >= 15 is 0 Å². The Labute approximate surface area is 164 Å². The monoisotopic (exact) mass is 410 g/mol. The molecule has 3 rings (SSSR count). The third kappa shape index (κ3) is 5.20. The minimum atomic E-state index is -3.17. The first-order valence-electron chi connectivity index (χ1n) is 9.57. The maximum Gasteiger partial charge on any atom is 0.292 e. The fourth-order valence-electron chi connectivity index (χ4n) is 3.95. The summed E-state index contributed by atoms with van der Waals surface area (Å²) in [6.07, 6.45) is 3.37. The van der Waals surface area contributed by atoms with Crippen molar-refractivity contribution in [3.8, 4) is 0 Å². The Hall–Kier alpha value is -2.20. The number of hydrogen-bond donors (Lipinski definition) is 2. The molecule has 1 aromatic rings. The number of para-hydroxylation sites is 2. The van der Waals surface area contributed by atoms with E-state index in [0.717, 1.165) is 32.4 Å². The van der Waals surface area contributed by atoms with E-state index in [1.165, 1.54) is 6.07 Å². The number of nitro groups is 1. The van der Waals surface area contributed by atoms with Gasteiger partial charge in [-0.25, -0.2) is 8.42 Å². The number of benzene rings is 1. The Morgan fingerprint density at radius 3 is 2.61 bits per heavy atom. The number of carbonyl (C=O) groups excluding carboxylic acids is 1. The van der Waals surface area contributed by atoms with Crippen LogP contribution in [0.4, 0.5) is 11.4 Å². The second-order valence-corrected chi connectivity index (χ2v) is 9.52. The van der Waals surface area contributed by atoms with Gasteiger partial charge in [0.15, 0.2) is 9.84 Å². The van der Waals surface area contributed by atoms with E-state index in [1.54, 1.807) is 18.2 Å². The van der Waals surface area contributed by atoms with E-state index in [4.69, 9.17) is 0 Å². The zero-order valence-electron chi connectivity index (χ0n) is 15.7. The SMILES string of the molecule is O=C(CCNc1ccccc1[N+](=O)[O-])NC1CS(=O)(=O)CC1N1CCCCC1. The number of carbonyl (C=O) groups is 1. The number of nitro benzene ring substituents is 1. The maximum atomic E-state index is 12.3. The van der Waals surface area contributed by atoms with Gasteiger partial charge in [-0.1, -0.05) is 18.6 Å². The molecular formula is C18H26N4O5S. The highest BCUT2D eigenvalue weighted by atomic mass is 32.2. The minimum absolute atomic E-state index is 0.0303. The number of sulfone groups is 1. The van der Waals surface area contributed by atoms with Crippen molar-refractivity contribution in [3.05, 3.63) is 34.4 Å². The van der Waals surface area contributed by atoms with E-state index in [-0.39, 0.29) is 42.1 Å². The van der Waals surface area contributed by atoms with Gasteiger partial charge < -0.3 is 10.6 Å². The summed E-state index contributed by atoms with van der Waals surface area (Å²) in [4.78, 5) is 25.1. The molecule has 0 saturated carbocycles. The van der Waals surface area contributed by atoms with Crippen LogP contribution in [-0.4, -0.2) is 67.4 Å². The standard InChI is InChI=1S/C18H26N4O5S/c23-18(8-9-19-14-6-2-3-7-16(14)22(24)25)20-15-12-28(26,27)13-17(15)21-10-4-1-5-11-21/h2-3,6-7,15,17,19H,1,4-5,8-13H2,(H,20,23). The zero-order chi connectivity index (χ0) is 20.1. The molecule has 1 amide bonds. The molecule has 2 heterocycles. The summed E-state index contributed by atoms with van der Waals surface area (Å²) in [7, 11) is -3.17. The number of hydrogen-bond acceptors (Lipinski definition) is 7. The Balaban J connectivity index is 1.54. The van der Waals surface area contributed by atoms with Gasteiger partial charge in [0, 0.05) is 25.1 Å². The Bertz CT molecular complexity index is 823. The third-order valence-corrected chi connectivity index (χ3v) is 7.01. The summed E-state index contributed by atoms with van der Waals surface area (Å²) in [6.45, 7) is 1.96. The molecule has 2 atom stereocenters. The third-order valence-electron chi connectivity index (χ3n) is 5.30. The average Bonchev–Trinajstić information content (AvgIpc) is 2.97. The summed E-state index contributed by atoms with van der Waals surface area (Å²) >= 11 is 0. The van der Waals surface area contributed by atoms with Crippen molar-refractivity contribution in [2.24, 2.45) is 0 Å². The number of nitrogens with zero attached hydrogens (tertiary/aromatic N) is 2. The van der Waals surface area contributed by atoms with Crippen molar-refractivity contribution in [3.63, 3.8) is 0 Å². The molecule has 2 fully saturated rings. The second-order valence-electron chi connectivity index (χ2n) is 7.37. The van der Waals surface area contributed by atoms with Gasteiger partial charge in [0.2, 0.25) is 5.91 Å². The summed E-state index contributed by atoms with van der Waals surface area (Å²) in [5.41, 5.74) is 0.310. The van der Waals surface area contributed by atoms with Crippen LogP contribution in [0.5, 0.6) is 0 Å². The lowest BCUT2D eigenvalue weighted by Gasteiger charge is -2.35. The fraction of sp³-hybridized carbons (Fsp3) is 0.611. The molecule has 28 heavy (non-hydrogen) atoms. The molecule has 0 bridgehead atoms. The van der Waals surface area contributed by atoms with Gasteiger partial charge in [-0.15, -0.1) is 0 Å². The highest BCUT2D eigenvalue weighted by molar-refractivity contribution is 7.91. The van der Waals surface area contributed by atoms with Gasteiger partial charge >= 0.3 is 0 Å². The molecule has 0 aliphatic carbocycles. The van der Waals surface area contributed by atoms with Crippen molar-refractivity contribution in [2.75, 3.05) is 36.5 Å². The van der Waals surface area contributed by atoms with E-state index < -0.39 is 20.8 Å². The van der Waals surface area contributed by atoms with Crippen molar-refractivity contribution in [1.29, 1.82) is 0 Å². The fourth-order valence-corrected chi connectivity index (χ4v) is 5.90. The predicted molar refractivity (Wildman–Crippen MR) is 106 cm³/mol.